The van der Waals surface area contributed by atoms with E-state index in [1.165, 1.54) is 14.2 Å². The second-order valence-corrected chi connectivity index (χ2v) is 10.7. The zero-order chi connectivity index (χ0) is 26.7. The van der Waals surface area contributed by atoms with Gasteiger partial charge in [-0.2, -0.15) is 0 Å². The third-order valence-electron chi connectivity index (χ3n) is 6.28. The number of carbonyl (C=O) groups is 1. The number of rotatable bonds is 9. The Morgan fingerprint density at radius 1 is 1.14 bits per heavy atom. The number of hydrogen-bond acceptors (Lipinski definition) is 8. The molecule has 1 aliphatic heterocycles. The van der Waals surface area contributed by atoms with Gasteiger partial charge in [0.1, 0.15) is 17.2 Å². The Morgan fingerprint density at radius 2 is 1.84 bits per heavy atom. The lowest BCUT2D eigenvalue weighted by Crippen LogP contribution is -2.53. The lowest BCUT2D eigenvalue weighted by molar-refractivity contribution is 0.118. The van der Waals surface area contributed by atoms with E-state index in [4.69, 9.17) is 9.47 Å². The molecule has 2 aromatic heterocycles. The standard InChI is InChI=1S/C24H31N7O5S/c1-16-15-18(9-11-25-16)22-26-27-23(31(22)21-19(35-4)7-6-8-20(21)36-5)28-37(33,34)14-13-30-17(2)10-12-29(3)24(30)32/h6-9,11,15,17H,10,12-14H2,1-5H3,(H,27,28)/t17-/m0/s1. The van der Waals surface area contributed by atoms with E-state index in [-0.39, 0.29) is 30.3 Å². The maximum absolute atomic E-state index is 13.2. The molecular formula is C24H31N7O5S. The Hall–Kier alpha value is -3.87. The monoisotopic (exact) mass is 529 g/mol. The minimum absolute atomic E-state index is 0.0394. The number of aromatic nitrogens is 4. The molecule has 1 aromatic carbocycles. The van der Waals surface area contributed by atoms with Crippen molar-refractivity contribution in [2.75, 3.05) is 44.8 Å². The van der Waals surface area contributed by atoms with E-state index in [2.05, 4.69) is 19.9 Å². The van der Waals surface area contributed by atoms with Gasteiger partial charge < -0.3 is 19.3 Å². The van der Waals surface area contributed by atoms with Crippen LogP contribution in [0.15, 0.2) is 36.5 Å². The molecule has 0 spiro atoms. The predicted molar refractivity (Wildman–Crippen MR) is 139 cm³/mol. The number of aryl methyl sites for hydroxylation is 1. The van der Waals surface area contributed by atoms with Gasteiger partial charge in [-0.15, -0.1) is 10.2 Å². The molecule has 3 heterocycles. The van der Waals surface area contributed by atoms with Crippen molar-refractivity contribution >= 4 is 22.0 Å². The van der Waals surface area contributed by atoms with Crippen molar-refractivity contribution < 1.29 is 22.7 Å². The maximum Gasteiger partial charge on any atom is 0.320 e. The zero-order valence-corrected chi connectivity index (χ0v) is 22.3. The number of ether oxygens (including phenoxy) is 2. The smallest absolute Gasteiger partial charge is 0.320 e. The van der Waals surface area contributed by atoms with Crippen LogP contribution in [0.4, 0.5) is 10.7 Å². The number of nitrogens with zero attached hydrogens (tertiary/aromatic N) is 6. The second-order valence-electron chi connectivity index (χ2n) is 8.84. The summed E-state index contributed by atoms with van der Waals surface area (Å²) in [5, 5.41) is 8.47. The van der Waals surface area contributed by atoms with E-state index >= 15 is 0 Å². The Balaban J connectivity index is 1.73. The highest BCUT2D eigenvalue weighted by atomic mass is 32.2. The summed E-state index contributed by atoms with van der Waals surface area (Å²) in [5.74, 6) is 0.885. The average Bonchev–Trinajstić information content (AvgIpc) is 3.27. The van der Waals surface area contributed by atoms with Gasteiger partial charge in [-0.1, -0.05) is 6.07 Å². The van der Waals surface area contributed by atoms with E-state index in [9.17, 15) is 13.2 Å². The number of amides is 2. The van der Waals surface area contributed by atoms with E-state index in [0.717, 1.165) is 12.1 Å². The van der Waals surface area contributed by atoms with Gasteiger partial charge in [0.25, 0.3) is 0 Å². The van der Waals surface area contributed by atoms with Crippen LogP contribution < -0.4 is 14.2 Å². The Bertz CT molecular complexity index is 1370. The molecule has 2 amide bonds. The number of anilines is 1. The van der Waals surface area contributed by atoms with Gasteiger partial charge in [0, 0.05) is 43.6 Å². The minimum Gasteiger partial charge on any atom is -0.494 e. The second kappa shape index (κ2) is 10.6. The van der Waals surface area contributed by atoms with Crippen LogP contribution in [0, 0.1) is 6.92 Å². The number of hydrogen-bond donors (Lipinski definition) is 1. The maximum atomic E-state index is 13.2. The lowest BCUT2D eigenvalue weighted by Gasteiger charge is -2.38. The van der Waals surface area contributed by atoms with Crippen molar-refractivity contribution in [3.8, 4) is 28.6 Å². The first kappa shape index (κ1) is 26.2. The molecule has 13 heteroatoms. The van der Waals surface area contributed by atoms with Gasteiger partial charge in [0.2, 0.25) is 16.0 Å². The quantitative estimate of drug-likeness (QED) is 0.447. The van der Waals surface area contributed by atoms with Crippen LogP contribution in [0.1, 0.15) is 19.0 Å². The Kier molecular flexibility index (Phi) is 7.52. The number of benzene rings is 1. The number of para-hydroxylation sites is 1. The summed E-state index contributed by atoms with van der Waals surface area (Å²) in [4.78, 5) is 20.0. The molecule has 0 bridgehead atoms. The van der Waals surface area contributed by atoms with Crippen LogP contribution in [0.25, 0.3) is 17.1 Å². The van der Waals surface area contributed by atoms with Gasteiger partial charge in [-0.05, 0) is 44.5 Å². The molecule has 0 aliphatic carbocycles. The van der Waals surface area contributed by atoms with Gasteiger partial charge >= 0.3 is 6.03 Å². The average molecular weight is 530 g/mol. The summed E-state index contributed by atoms with van der Waals surface area (Å²) < 4.78 is 41.7. The van der Waals surface area contributed by atoms with Crippen LogP contribution in [0.5, 0.6) is 11.5 Å². The number of urea groups is 1. The number of sulfonamides is 1. The molecule has 1 atom stereocenters. The molecule has 0 radical (unpaired) electrons. The number of methoxy groups -OCH3 is 2. The summed E-state index contributed by atoms with van der Waals surface area (Å²) >= 11 is 0. The Morgan fingerprint density at radius 3 is 2.49 bits per heavy atom. The lowest BCUT2D eigenvalue weighted by atomic mass is 10.1. The number of pyridine rings is 1. The third kappa shape index (κ3) is 5.45. The highest BCUT2D eigenvalue weighted by molar-refractivity contribution is 7.92. The largest absolute Gasteiger partial charge is 0.494 e. The van der Waals surface area contributed by atoms with Crippen LogP contribution in [0.3, 0.4) is 0 Å². The SMILES string of the molecule is COc1cccc(OC)c1-n1c(NS(=O)(=O)CCN2C(=O)N(C)CC[C@@H]2C)nnc1-c1ccnc(C)c1. The van der Waals surface area contributed by atoms with Crippen LogP contribution in [-0.4, -0.2) is 90.1 Å². The van der Waals surface area contributed by atoms with Crippen molar-refractivity contribution in [1.29, 1.82) is 0 Å². The van der Waals surface area contributed by atoms with Gasteiger partial charge in [-0.3, -0.25) is 14.3 Å². The fraction of sp³-hybridized carbons (Fsp3) is 0.417. The molecule has 1 fully saturated rings. The van der Waals surface area contributed by atoms with Gasteiger partial charge in [-0.25, -0.2) is 13.2 Å². The fourth-order valence-corrected chi connectivity index (χ4v) is 5.20. The summed E-state index contributed by atoms with van der Waals surface area (Å²) in [7, 11) is 0.804. The molecule has 1 aliphatic rings. The topological polar surface area (TPSA) is 132 Å². The summed E-state index contributed by atoms with van der Waals surface area (Å²) in [5.41, 5.74) is 1.86. The first-order valence-electron chi connectivity index (χ1n) is 11.8. The number of nitrogens with one attached hydrogen (secondary N) is 1. The molecule has 12 nitrogen and oxygen atoms in total. The van der Waals surface area contributed by atoms with Crippen molar-refractivity contribution in [1.82, 2.24) is 29.5 Å². The van der Waals surface area contributed by atoms with E-state index in [1.54, 1.807) is 51.9 Å². The first-order chi connectivity index (χ1) is 17.6. The van der Waals surface area contributed by atoms with Crippen molar-refractivity contribution in [3.05, 3.63) is 42.2 Å². The summed E-state index contributed by atoms with van der Waals surface area (Å²) in [6, 6.07) is 8.57. The van der Waals surface area contributed by atoms with Crippen molar-refractivity contribution in [2.24, 2.45) is 0 Å². The minimum atomic E-state index is -3.92. The van der Waals surface area contributed by atoms with Crippen LogP contribution in [0.2, 0.25) is 0 Å². The number of carbonyl (C=O) groups excluding carboxylic acids is 1. The molecule has 198 valence electrons. The van der Waals surface area contributed by atoms with E-state index in [0.29, 0.717) is 35.1 Å². The van der Waals surface area contributed by atoms with Gasteiger partial charge in [0.15, 0.2) is 5.82 Å². The summed E-state index contributed by atoms with van der Waals surface area (Å²) in [6.45, 7) is 4.45. The Labute approximate surface area is 216 Å². The molecule has 1 saturated heterocycles. The molecule has 0 saturated carbocycles. The molecule has 4 rings (SSSR count). The molecule has 1 N–H and O–H groups in total. The predicted octanol–water partition coefficient (Wildman–Crippen LogP) is 2.54. The van der Waals surface area contributed by atoms with E-state index in [1.807, 2.05) is 19.9 Å². The molecule has 0 unspecified atom stereocenters. The highest BCUT2D eigenvalue weighted by Crippen LogP contribution is 2.37. The molecule has 3 aromatic rings. The first-order valence-corrected chi connectivity index (χ1v) is 13.4. The normalized spacial score (nSPS) is 16.1. The van der Waals surface area contributed by atoms with E-state index < -0.39 is 10.0 Å². The van der Waals surface area contributed by atoms with Gasteiger partial charge in [0.05, 0.1) is 20.0 Å². The molecular weight excluding hydrogens is 498 g/mol. The van der Waals surface area contributed by atoms with Crippen LogP contribution >= 0.6 is 0 Å². The third-order valence-corrected chi connectivity index (χ3v) is 7.49. The zero-order valence-electron chi connectivity index (χ0n) is 21.5. The highest BCUT2D eigenvalue weighted by Gasteiger charge is 2.30. The van der Waals surface area contributed by atoms with Crippen molar-refractivity contribution in [2.45, 2.75) is 26.3 Å². The fourth-order valence-electron chi connectivity index (χ4n) is 4.25. The summed E-state index contributed by atoms with van der Waals surface area (Å²) in [6.07, 6.45) is 2.41. The molecule has 37 heavy (non-hydrogen) atoms. The van der Waals surface area contributed by atoms with Crippen molar-refractivity contribution in [3.63, 3.8) is 0 Å². The van der Waals surface area contributed by atoms with Crippen LogP contribution in [-0.2, 0) is 10.0 Å².